The predicted molar refractivity (Wildman–Crippen MR) is 81.8 cm³/mol. The summed E-state index contributed by atoms with van der Waals surface area (Å²) >= 11 is 0. The fraction of sp³-hybridized carbons (Fsp3) is 0.312. The first kappa shape index (κ1) is 15.9. The number of carbonyl (C=O) groups excluding carboxylic acids is 1. The van der Waals surface area contributed by atoms with Gasteiger partial charge < -0.3 is 24.5 Å². The van der Waals surface area contributed by atoms with Gasteiger partial charge in [0.2, 0.25) is 0 Å². The Bertz CT molecular complexity index is 543. The van der Waals surface area contributed by atoms with Crippen LogP contribution < -0.4 is 15.4 Å². The molecule has 0 radical (unpaired) electrons. The number of rotatable bonds is 8. The molecule has 6 heteroatoms. The number of hydrogen-bond acceptors (Lipinski definition) is 4. The lowest BCUT2D eigenvalue weighted by Crippen LogP contribution is -2.39. The van der Waals surface area contributed by atoms with E-state index in [1.807, 2.05) is 30.3 Å². The van der Waals surface area contributed by atoms with Crippen molar-refractivity contribution < 1.29 is 18.7 Å². The Morgan fingerprint density at radius 2 is 2.00 bits per heavy atom. The molecule has 1 aromatic heterocycles. The number of amides is 2. The molecule has 2 rings (SSSR count). The van der Waals surface area contributed by atoms with E-state index in [1.165, 1.54) is 0 Å². The Morgan fingerprint density at radius 3 is 2.68 bits per heavy atom. The van der Waals surface area contributed by atoms with Gasteiger partial charge in [0.05, 0.1) is 19.4 Å². The number of ether oxygens (including phenoxy) is 2. The number of nitrogens with one attached hydrogen (secondary N) is 2. The van der Waals surface area contributed by atoms with Crippen LogP contribution in [0.15, 0.2) is 53.1 Å². The Balaban J connectivity index is 1.61. The molecule has 6 nitrogen and oxygen atoms in total. The summed E-state index contributed by atoms with van der Waals surface area (Å²) in [7, 11) is 1.57. The summed E-state index contributed by atoms with van der Waals surface area (Å²) in [5.41, 5.74) is 0. The van der Waals surface area contributed by atoms with Gasteiger partial charge in [-0.3, -0.25) is 0 Å². The maximum absolute atomic E-state index is 11.7. The van der Waals surface area contributed by atoms with Gasteiger partial charge in [0, 0.05) is 7.11 Å². The third kappa shape index (κ3) is 5.14. The average molecular weight is 304 g/mol. The molecule has 1 aromatic carbocycles. The number of urea groups is 1. The zero-order valence-electron chi connectivity index (χ0n) is 12.5. The topological polar surface area (TPSA) is 72.7 Å². The summed E-state index contributed by atoms with van der Waals surface area (Å²) in [6.07, 6.45) is 1.27. The zero-order valence-corrected chi connectivity index (χ0v) is 12.5. The third-order valence-electron chi connectivity index (χ3n) is 2.99. The van der Waals surface area contributed by atoms with Crippen molar-refractivity contribution in [2.24, 2.45) is 0 Å². The number of carbonyl (C=O) groups is 1. The van der Waals surface area contributed by atoms with Crippen LogP contribution in [0, 0.1) is 0 Å². The lowest BCUT2D eigenvalue weighted by atomic mass is 10.3. The van der Waals surface area contributed by atoms with E-state index in [1.54, 1.807) is 25.5 Å². The minimum Gasteiger partial charge on any atom is -0.492 e. The highest BCUT2D eigenvalue weighted by Gasteiger charge is 2.14. The minimum absolute atomic E-state index is 0.273. The van der Waals surface area contributed by atoms with Crippen molar-refractivity contribution in [2.45, 2.75) is 6.10 Å². The van der Waals surface area contributed by atoms with E-state index in [0.717, 1.165) is 5.75 Å². The Hall–Kier alpha value is -2.47. The molecule has 2 N–H and O–H groups in total. The average Bonchev–Trinajstić information content (AvgIpc) is 3.07. The molecule has 0 aliphatic rings. The van der Waals surface area contributed by atoms with Crippen LogP contribution in [-0.2, 0) is 4.74 Å². The van der Waals surface area contributed by atoms with Gasteiger partial charge >= 0.3 is 6.03 Å². The molecular formula is C16H20N2O4. The molecule has 0 spiro atoms. The van der Waals surface area contributed by atoms with Crippen LogP contribution in [0.3, 0.4) is 0 Å². The molecule has 1 atom stereocenters. The van der Waals surface area contributed by atoms with E-state index in [2.05, 4.69) is 10.6 Å². The molecule has 2 amide bonds. The van der Waals surface area contributed by atoms with Gasteiger partial charge in [0.15, 0.2) is 0 Å². The number of para-hydroxylation sites is 1. The minimum atomic E-state index is -0.304. The highest BCUT2D eigenvalue weighted by molar-refractivity contribution is 5.73. The van der Waals surface area contributed by atoms with Crippen molar-refractivity contribution >= 4 is 6.03 Å². The second-order valence-electron chi connectivity index (χ2n) is 4.54. The smallest absolute Gasteiger partial charge is 0.315 e. The Morgan fingerprint density at radius 1 is 1.18 bits per heavy atom. The van der Waals surface area contributed by atoms with Crippen molar-refractivity contribution in [1.82, 2.24) is 10.6 Å². The number of benzene rings is 1. The van der Waals surface area contributed by atoms with E-state index in [0.29, 0.717) is 25.5 Å². The second kappa shape index (κ2) is 8.74. The molecule has 0 saturated heterocycles. The molecule has 0 saturated carbocycles. The normalized spacial score (nSPS) is 11.7. The van der Waals surface area contributed by atoms with Gasteiger partial charge in [-0.15, -0.1) is 0 Å². The summed E-state index contributed by atoms with van der Waals surface area (Å²) in [4.78, 5) is 11.7. The van der Waals surface area contributed by atoms with Crippen LogP contribution in [0.1, 0.15) is 11.9 Å². The first-order valence-electron chi connectivity index (χ1n) is 7.05. The summed E-state index contributed by atoms with van der Waals surface area (Å²) in [6, 6.07) is 12.8. The van der Waals surface area contributed by atoms with Crippen LogP contribution >= 0.6 is 0 Å². The van der Waals surface area contributed by atoms with E-state index >= 15 is 0 Å². The number of hydrogen-bond donors (Lipinski definition) is 2. The van der Waals surface area contributed by atoms with E-state index in [-0.39, 0.29) is 12.1 Å². The fourth-order valence-electron chi connectivity index (χ4n) is 1.87. The van der Waals surface area contributed by atoms with Crippen LogP contribution in [0.2, 0.25) is 0 Å². The van der Waals surface area contributed by atoms with Gasteiger partial charge in [-0.05, 0) is 24.3 Å². The van der Waals surface area contributed by atoms with E-state index < -0.39 is 0 Å². The van der Waals surface area contributed by atoms with Gasteiger partial charge in [-0.25, -0.2) is 4.79 Å². The second-order valence-corrected chi connectivity index (χ2v) is 4.54. The van der Waals surface area contributed by atoms with E-state index in [9.17, 15) is 4.79 Å². The van der Waals surface area contributed by atoms with Crippen molar-refractivity contribution in [2.75, 3.05) is 26.8 Å². The van der Waals surface area contributed by atoms with Crippen LogP contribution in [0.4, 0.5) is 4.79 Å². The standard InChI is InChI=1S/C16H20N2O4/c1-20-15(14-8-5-10-22-14)12-18-16(19)17-9-11-21-13-6-3-2-4-7-13/h2-8,10,15H,9,11-12H2,1H3,(H2,17,18,19). The molecule has 0 fully saturated rings. The lowest BCUT2D eigenvalue weighted by molar-refractivity contribution is 0.0850. The molecule has 2 aromatic rings. The molecule has 0 bridgehead atoms. The number of methoxy groups -OCH3 is 1. The molecule has 0 aliphatic carbocycles. The molecule has 1 unspecified atom stereocenters. The predicted octanol–water partition coefficient (Wildman–Crippen LogP) is 2.35. The number of furan rings is 1. The Labute approximate surface area is 129 Å². The molecule has 22 heavy (non-hydrogen) atoms. The van der Waals surface area contributed by atoms with Gasteiger partial charge in [0.1, 0.15) is 24.2 Å². The van der Waals surface area contributed by atoms with Gasteiger partial charge in [-0.2, -0.15) is 0 Å². The zero-order chi connectivity index (χ0) is 15.6. The van der Waals surface area contributed by atoms with E-state index in [4.69, 9.17) is 13.9 Å². The monoisotopic (exact) mass is 304 g/mol. The fourth-order valence-corrected chi connectivity index (χ4v) is 1.87. The summed E-state index contributed by atoms with van der Waals surface area (Å²) in [6.45, 7) is 1.15. The molecule has 118 valence electrons. The lowest BCUT2D eigenvalue weighted by Gasteiger charge is -2.14. The maximum Gasteiger partial charge on any atom is 0.315 e. The van der Waals surface area contributed by atoms with Crippen LogP contribution in [-0.4, -0.2) is 32.8 Å². The van der Waals surface area contributed by atoms with Crippen molar-refractivity contribution in [1.29, 1.82) is 0 Å². The van der Waals surface area contributed by atoms with Crippen molar-refractivity contribution in [3.05, 3.63) is 54.5 Å². The maximum atomic E-state index is 11.7. The molecule has 0 aliphatic heterocycles. The van der Waals surface area contributed by atoms with Crippen LogP contribution in [0.25, 0.3) is 0 Å². The largest absolute Gasteiger partial charge is 0.492 e. The SMILES string of the molecule is COC(CNC(=O)NCCOc1ccccc1)c1ccco1. The first-order valence-corrected chi connectivity index (χ1v) is 7.05. The van der Waals surface area contributed by atoms with Crippen molar-refractivity contribution in [3.8, 4) is 5.75 Å². The third-order valence-corrected chi connectivity index (χ3v) is 2.99. The summed E-state index contributed by atoms with van der Waals surface area (Å²) in [5, 5.41) is 5.45. The van der Waals surface area contributed by atoms with Crippen molar-refractivity contribution in [3.63, 3.8) is 0 Å². The highest BCUT2D eigenvalue weighted by atomic mass is 16.5. The molecule has 1 heterocycles. The van der Waals surface area contributed by atoms with Gasteiger partial charge in [-0.1, -0.05) is 18.2 Å². The quantitative estimate of drug-likeness (QED) is 0.734. The summed E-state index contributed by atoms with van der Waals surface area (Å²) < 4.78 is 16.0. The molecular weight excluding hydrogens is 284 g/mol. The van der Waals surface area contributed by atoms with Gasteiger partial charge in [0.25, 0.3) is 0 Å². The van der Waals surface area contributed by atoms with Crippen LogP contribution in [0.5, 0.6) is 5.75 Å². The summed E-state index contributed by atoms with van der Waals surface area (Å²) in [5.74, 6) is 1.46. The Kier molecular flexibility index (Phi) is 6.32. The highest BCUT2D eigenvalue weighted by Crippen LogP contribution is 2.15. The first-order chi connectivity index (χ1) is 10.8.